The van der Waals surface area contributed by atoms with Gasteiger partial charge in [-0.2, -0.15) is 5.26 Å². The number of aliphatic hydroxyl groups is 4. The maximum Gasteiger partial charge on any atom is 0.222 e. The molecule has 3 atom stereocenters. The van der Waals surface area contributed by atoms with Gasteiger partial charge in [-0.05, 0) is 43.2 Å². The molecular weight excluding hydrogens is 711 g/mol. The molecule has 6 N–H and O–H groups in total. The van der Waals surface area contributed by atoms with E-state index in [-0.39, 0.29) is 69.2 Å². The molecule has 1 amide bonds. The van der Waals surface area contributed by atoms with Crippen molar-refractivity contribution in [2.45, 2.75) is 55.5 Å². The fourth-order valence-electron chi connectivity index (χ4n) is 5.35. The number of ether oxygens (including phenoxy) is 3. The zero-order chi connectivity index (χ0) is 37.8. The van der Waals surface area contributed by atoms with Crippen molar-refractivity contribution in [2.24, 2.45) is 0 Å². The van der Waals surface area contributed by atoms with Crippen LogP contribution >= 0.6 is 23.2 Å². The number of nitriles is 1. The molecule has 4 rings (SSSR count). The minimum Gasteiger partial charge on any atom is -0.488 e. The van der Waals surface area contributed by atoms with E-state index in [0.717, 1.165) is 11.1 Å². The summed E-state index contributed by atoms with van der Waals surface area (Å²) in [7, 11) is 0. The second kappa shape index (κ2) is 18.6. The van der Waals surface area contributed by atoms with E-state index in [1.807, 2.05) is 49.4 Å². The van der Waals surface area contributed by atoms with Crippen molar-refractivity contribution in [1.29, 1.82) is 5.26 Å². The summed E-state index contributed by atoms with van der Waals surface area (Å²) in [6.45, 7) is 2.29. The van der Waals surface area contributed by atoms with Crippen molar-refractivity contribution in [3.8, 4) is 17.6 Å². The van der Waals surface area contributed by atoms with E-state index in [9.17, 15) is 25.4 Å². The van der Waals surface area contributed by atoms with Crippen molar-refractivity contribution < 1.29 is 39.4 Å². The fourth-order valence-corrected chi connectivity index (χ4v) is 5.93. The Balaban J connectivity index is 1.64. The molecule has 0 radical (unpaired) electrons. The number of pyridine rings is 1. The van der Waals surface area contributed by atoms with Crippen LogP contribution in [-0.2, 0) is 22.7 Å². The Morgan fingerprint density at radius 3 is 2.54 bits per heavy atom. The number of nitrogens with one attached hydrogen (secondary N) is 2. The first-order chi connectivity index (χ1) is 24.9. The predicted octanol–water partition coefficient (Wildman–Crippen LogP) is 3.66. The molecule has 52 heavy (non-hydrogen) atoms. The number of carbonyl (C=O) groups is 1. The highest BCUT2D eigenvalue weighted by atomic mass is 35.5. The molecule has 3 unspecified atom stereocenters. The van der Waals surface area contributed by atoms with Gasteiger partial charge in [0.1, 0.15) is 41.3 Å². The maximum absolute atomic E-state index is 12.5. The molecule has 0 bridgehead atoms. The predicted molar refractivity (Wildman–Crippen MR) is 197 cm³/mol. The SMILES string of the molecule is CC(CO)(CO)NCc1cc(Cl)c(OCC2(OCCC(=O)NCC(O)CO)C=CC=C(c3ccccc3)C2(C)Cl)cc1OCc1cncc(C#N)c1. The van der Waals surface area contributed by atoms with E-state index in [4.69, 9.17) is 42.5 Å². The smallest absolute Gasteiger partial charge is 0.222 e. The van der Waals surface area contributed by atoms with Gasteiger partial charge in [-0.1, -0.05) is 54.1 Å². The fraction of sp³-hybridized carbons (Fsp3) is 0.395. The highest BCUT2D eigenvalue weighted by Crippen LogP contribution is 2.47. The van der Waals surface area contributed by atoms with Gasteiger partial charge in [-0.25, -0.2) is 0 Å². The molecule has 3 aromatic rings. The van der Waals surface area contributed by atoms with Gasteiger partial charge < -0.3 is 45.3 Å². The van der Waals surface area contributed by atoms with Crippen molar-refractivity contribution in [1.82, 2.24) is 15.6 Å². The molecule has 0 saturated heterocycles. The van der Waals surface area contributed by atoms with Gasteiger partial charge in [0, 0.05) is 42.7 Å². The second-order valence-electron chi connectivity index (χ2n) is 12.8. The maximum atomic E-state index is 12.5. The first-order valence-electron chi connectivity index (χ1n) is 16.6. The van der Waals surface area contributed by atoms with Crippen LogP contribution in [0.5, 0.6) is 11.5 Å². The molecule has 278 valence electrons. The van der Waals surface area contributed by atoms with Crippen molar-refractivity contribution in [3.05, 3.63) is 106 Å². The zero-order valence-corrected chi connectivity index (χ0v) is 30.5. The quantitative estimate of drug-likeness (QED) is 0.0982. The van der Waals surface area contributed by atoms with Crippen LogP contribution in [0.3, 0.4) is 0 Å². The topological polar surface area (TPSA) is 186 Å². The second-order valence-corrected chi connectivity index (χ2v) is 14.0. The Kier molecular flexibility index (Phi) is 14.6. The van der Waals surface area contributed by atoms with Crippen LogP contribution in [0.2, 0.25) is 5.02 Å². The lowest BCUT2D eigenvalue weighted by Crippen LogP contribution is -2.55. The van der Waals surface area contributed by atoms with E-state index in [2.05, 4.69) is 21.7 Å². The standard InChI is InChI=1S/C38H44Cl2N4O8/c1-36(23-46,24-47)44-19-29-14-32(39)34(15-33(29)50-22-27-13-26(16-41)17-42-18-27)51-25-38(52-12-10-35(49)43-20-30(48)21-45)11-6-9-31(37(38,2)40)28-7-4-3-5-8-28/h3-9,11,13-15,17-18,30,44-48H,10,12,19-25H2,1-2H3,(H,43,49). The number of halogens is 2. The Bertz CT molecular complexity index is 1760. The molecule has 1 heterocycles. The first-order valence-corrected chi connectivity index (χ1v) is 17.4. The van der Waals surface area contributed by atoms with Crippen molar-refractivity contribution in [3.63, 3.8) is 0 Å². The molecule has 1 aliphatic carbocycles. The summed E-state index contributed by atoms with van der Waals surface area (Å²) in [6.07, 6.45) is 7.40. The van der Waals surface area contributed by atoms with Crippen molar-refractivity contribution >= 4 is 34.7 Å². The lowest BCUT2D eigenvalue weighted by atomic mass is 9.76. The largest absolute Gasteiger partial charge is 0.488 e. The summed E-state index contributed by atoms with van der Waals surface area (Å²) < 4.78 is 19.1. The van der Waals surface area contributed by atoms with Crippen LogP contribution in [0.1, 0.15) is 42.5 Å². The van der Waals surface area contributed by atoms with Gasteiger partial charge >= 0.3 is 0 Å². The van der Waals surface area contributed by atoms with Gasteiger partial charge in [-0.3, -0.25) is 9.78 Å². The Hall–Kier alpha value is -4.03. The van der Waals surface area contributed by atoms with E-state index in [1.165, 1.54) is 6.20 Å². The molecule has 0 fully saturated rings. The molecule has 14 heteroatoms. The monoisotopic (exact) mass is 754 g/mol. The highest BCUT2D eigenvalue weighted by molar-refractivity contribution is 6.32. The van der Waals surface area contributed by atoms with Crippen LogP contribution in [0.4, 0.5) is 0 Å². The third-order valence-corrected chi connectivity index (χ3v) is 9.55. The lowest BCUT2D eigenvalue weighted by Gasteiger charge is -2.45. The van der Waals surface area contributed by atoms with Gasteiger partial charge in [0.05, 0.1) is 55.1 Å². The Labute approximate surface area is 313 Å². The van der Waals surface area contributed by atoms with Gasteiger partial charge in [0.15, 0.2) is 0 Å². The zero-order valence-electron chi connectivity index (χ0n) is 29.0. The summed E-state index contributed by atoms with van der Waals surface area (Å²) in [6, 6.07) is 16.6. The number of nitrogens with zero attached hydrogens (tertiary/aromatic N) is 2. The van der Waals surface area contributed by atoms with E-state index in [1.54, 1.807) is 37.4 Å². The summed E-state index contributed by atoms with van der Waals surface area (Å²) >= 11 is 14.2. The first kappa shape index (κ1) is 40.7. The van der Waals surface area contributed by atoms with Crippen LogP contribution in [0, 0.1) is 11.3 Å². The van der Waals surface area contributed by atoms with Crippen LogP contribution in [0.25, 0.3) is 5.57 Å². The third kappa shape index (κ3) is 10.3. The third-order valence-electron chi connectivity index (χ3n) is 8.73. The average Bonchev–Trinajstić information content (AvgIpc) is 3.16. The summed E-state index contributed by atoms with van der Waals surface area (Å²) in [5, 5.41) is 53.6. The number of alkyl halides is 1. The summed E-state index contributed by atoms with van der Waals surface area (Å²) in [5.41, 5.74) is 0.959. The van der Waals surface area contributed by atoms with Gasteiger partial charge in [0.25, 0.3) is 0 Å². The lowest BCUT2D eigenvalue weighted by molar-refractivity contribution is -0.125. The minimum atomic E-state index is -1.32. The Morgan fingerprint density at radius 2 is 1.85 bits per heavy atom. The number of benzene rings is 2. The molecular formula is C38H44Cl2N4O8. The number of hydrogen-bond donors (Lipinski definition) is 6. The molecule has 0 spiro atoms. The van der Waals surface area contributed by atoms with Crippen LogP contribution in [-0.4, -0.2) is 93.0 Å². The Morgan fingerprint density at radius 1 is 1.10 bits per heavy atom. The molecule has 1 aromatic heterocycles. The van der Waals surface area contributed by atoms with E-state index >= 15 is 0 Å². The summed E-state index contributed by atoms with van der Waals surface area (Å²) in [4.78, 5) is 15.4. The number of carbonyl (C=O) groups excluding carboxylic acids is 1. The number of aromatic nitrogens is 1. The number of allylic oxidation sites excluding steroid dienone is 2. The number of hydrogen-bond acceptors (Lipinski definition) is 11. The van der Waals surface area contributed by atoms with E-state index in [0.29, 0.717) is 22.4 Å². The molecule has 12 nitrogen and oxygen atoms in total. The molecule has 0 saturated carbocycles. The molecule has 1 aliphatic rings. The minimum absolute atomic E-state index is 0.0594. The number of amides is 1. The van der Waals surface area contributed by atoms with Gasteiger partial charge in [0.2, 0.25) is 5.91 Å². The van der Waals surface area contributed by atoms with E-state index < -0.39 is 28.7 Å². The van der Waals surface area contributed by atoms with Crippen LogP contribution < -0.4 is 20.1 Å². The summed E-state index contributed by atoms with van der Waals surface area (Å²) in [5.74, 6) is 0.232. The number of aliphatic hydroxyl groups excluding tert-OH is 4. The number of rotatable bonds is 19. The van der Waals surface area contributed by atoms with Gasteiger partial charge in [-0.15, -0.1) is 11.6 Å². The molecule has 2 aromatic carbocycles. The normalized spacial score (nSPS) is 19.0. The highest BCUT2D eigenvalue weighted by Gasteiger charge is 2.51. The molecule has 0 aliphatic heterocycles. The van der Waals surface area contributed by atoms with Crippen LogP contribution in [0.15, 0.2) is 79.2 Å². The van der Waals surface area contributed by atoms with Crippen molar-refractivity contribution in [2.75, 3.05) is 39.6 Å². The average molecular weight is 756 g/mol.